The molecule has 28 heavy (non-hydrogen) atoms. The van der Waals surface area contributed by atoms with E-state index in [9.17, 15) is 9.59 Å². The molecule has 1 heterocycles. The van der Waals surface area contributed by atoms with Gasteiger partial charge in [0.1, 0.15) is 0 Å². The van der Waals surface area contributed by atoms with E-state index in [1.165, 1.54) is 17.5 Å². The van der Waals surface area contributed by atoms with E-state index in [4.69, 9.17) is 0 Å². The van der Waals surface area contributed by atoms with Crippen molar-refractivity contribution in [2.45, 2.75) is 32.1 Å². The van der Waals surface area contributed by atoms with E-state index in [1.54, 1.807) is 0 Å². The topological polar surface area (TPSA) is 61.4 Å². The minimum absolute atomic E-state index is 0.0120. The van der Waals surface area contributed by atoms with E-state index in [0.717, 1.165) is 43.6 Å². The Bertz CT molecular complexity index is 850. The molecule has 0 saturated carbocycles. The van der Waals surface area contributed by atoms with Gasteiger partial charge in [0, 0.05) is 17.9 Å². The largest absolute Gasteiger partial charge is 0.326 e. The summed E-state index contributed by atoms with van der Waals surface area (Å²) < 4.78 is 0. The molecule has 1 unspecified atom stereocenters. The summed E-state index contributed by atoms with van der Waals surface area (Å²) in [5, 5.41) is 6.00. The van der Waals surface area contributed by atoms with E-state index < -0.39 is 0 Å². The lowest BCUT2D eigenvalue weighted by Gasteiger charge is -2.31. The molecule has 5 heteroatoms. The Labute approximate surface area is 166 Å². The van der Waals surface area contributed by atoms with Gasteiger partial charge >= 0.3 is 0 Å². The van der Waals surface area contributed by atoms with Crippen LogP contribution in [0, 0.1) is 5.92 Å². The second-order valence-corrected chi connectivity index (χ2v) is 7.81. The van der Waals surface area contributed by atoms with Crippen molar-refractivity contribution < 1.29 is 9.59 Å². The van der Waals surface area contributed by atoms with Gasteiger partial charge < -0.3 is 10.6 Å². The zero-order valence-corrected chi connectivity index (χ0v) is 16.1. The molecule has 0 radical (unpaired) electrons. The Kier molecular flexibility index (Phi) is 5.72. The van der Waals surface area contributed by atoms with E-state index in [2.05, 4.69) is 27.7 Å². The van der Waals surface area contributed by atoms with Crippen molar-refractivity contribution >= 4 is 23.2 Å². The molecular formula is C23H27N3O2. The lowest BCUT2D eigenvalue weighted by molar-refractivity contribution is -0.123. The summed E-state index contributed by atoms with van der Waals surface area (Å²) in [6, 6.07) is 15.8. The van der Waals surface area contributed by atoms with Gasteiger partial charge in [0.25, 0.3) is 0 Å². The van der Waals surface area contributed by atoms with E-state index in [0.29, 0.717) is 13.1 Å². The molecule has 1 fully saturated rings. The van der Waals surface area contributed by atoms with Crippen molar-refractivity contribution in [3.05, 3.63) is 59.7 Å². The Morgan fingerprint density at radius 1 is 0.929 bits per heavy atom. The molecular weight excluding hydrogens is 350 g/mol. The number of anilines is 2. The van der Waals surface area contributed by atoms with Gasteiger partial charge in [0.15, 0.2) is 0 Å². The Balaban J connectivity index is 1.29. The average Bonchev–Trinajstić information content (AvgIpc) is 3.17. The Morgan fingerprint density at radius 3 is 2.61 bits per heavy atom. The number of para-hydroxylation sites is 1. The number of nitrogens with zero attached hydrogens (tertiary/aromatic N) is 1. The SMILES string of the molecule is O=C(CN1CCCC(C(=O)Nc2ccccc2)C1)Nc1ccc2c(c1)CCC2. The minimum atomic E-state index is -0.0817. The molecule has 1 aliphatic heterocycles. The molecule has 2 aromatic carbocycles. The smallest absolute Gasteiger partial charge is 0.238 e. The van der Waals surface area contributed by atoms with E-state index in [1.807, 2.05) is 36.4 Å². The predicted octanol–water partition coefficient (Wildman–Crippen LogP) is 3.46. The fourth-order valence-corrected chi connectivity index (χ4v) is 4.23. The maximum atomic E-state index is 12.6. The minimum Gasteiger partial charge on any atom is -0.326 e. The second kappa shape index (κ2) is 8.57. The third-order valence-corrected chi connectivity index (χ3v) is 5.67. The van der Waals surface area contributed by atoms with Crippen molar-refractivity contribution in [1.29, 1.82) is 0 Å². The number of rotatable bonds is 5. The molecule has 1 atom stereocenters. The summed E-state index contributed by atoms with van der Waals surface area (Å²) in [7, 11) is 0. The van der Waals surface area contributed by atoms with Crippen molar-refractivity contribution in [2.24, 2.45) is 5.92 Å². The van der Waals surface area contributed by atoms with Crippen LogP contribution < -0.4 is 10.6 Å². The Morgan fingerprint density at radius 2 is 1.75 bits per heavy atom. The van der Waals surface area contributed by atoms with Gasteiger partial charge in [-0.2, -0.15) is 0 Å². The van der Waals surface area contributed by atoms with Crippen LogP contribution in [0.25, 0.3) is 0 Å². The van der Waals surface area contributed by atoms with Crippen LogP contribution in [-0.4, -0.2) is 36.3 Å². The second-order valence-electron chi connectivity index (χ2n) is 7.81. The van der Waals surface area contributed by atoms with Gasteiger partial charge in [-0.3, -0.25) is 14.5 Å². The van der Waals surface area contributed by atoms with Crippen molar-refractivity contribution in [3.63, 3.8) is 0 Å². The summed E-state index contributed by atoms with van der Waals surface area (Å²) >= 11 is 0. The number of nitrogens with one attached hydrogen (secondary N) is 2. The molecule has 1 saturated heterocycles. The first-order chi connectivity index (χ1) is 13.7. The first kappa shape index (κ1) is 18.7. The molecule has 0 spiro atoms. The summed E-state index contributed by atoms with van der Waals surface area (Å²) in [6.07, 6.45) is 5.24. The summed E-state index contributed by atoms with van der Waals surface area (Å²) in [6.45, 7) is 1.80. The van der Waals surface area contributed by atoms with Crippen LogP contribution in [0.15, 0.2) is 48.5 Å². The van der Waals surface area contributed by atoms with Gasteiger partial charge in [-0.05, 0) is 74.0 Å². The van der Waals surface area contributed by atoms with Crippen molar-refractivity contribution in [2.75, 3.05) is 30.3 Å². The number of amides is 2. The number of fused-ring (bicyclic) bond motifs is 1. The quantitative estimate of drug-likeness (QED) is 0.839. The molecule has 2 N–H and O–H groups in total. The molecule has 4 rings (SSSR count). The number of hydrogen-bond donors (Lipinski definition) is 2. The number of carbonyl (C=O) groups is 2. The highest BCUT2D eigenvalue weighted by Crippen LogP contribution is 2.25. The van der Waals surface area contributed by atoms with Gasteiger partial charge in [-0.15, -0.1) is 0 Å². The van der Waals surface area contributed by atoms with Gasteiger partial charge in [-0.25, -0.2) is 0 Å². The number of hydrogen-bond acceptors (Lipinski definition) is 3. The first-order valence-electron chi connectivity index (χ1n) is 10.2. The zero-order valence-electron chi connectivity index (χ0n) is 16.1. The van der Waals surface area contributed by atoms with Crippen LogP contribution >= 0.6 is 0 Å². The highest BCUT2D eigenvalue weighted by Gasteiger charge is 2.27. The number of benzene rings is 2. The predicted molar refractivity (Wildman–Crippen MR) is 111 cm³/mol. The van der Waals surface area contributed by atoms with Crippen LogP contribution in [0.4, 0.5) is 11.4 Å². The molecule has 2 aliphatic rings. The third kappa shape index (κ3) is 4.60. The van der Waals surface area contributed by atoms with Crippen LogP contribution in [-0.2, 0) is 22.4 Å². The van der Waals surface area contributed by atoms with Crippen LogP contribution in [0.3, 0.4) is 0 Å². The van der Waals surface area contributed by atoms with Crippen LogP contribution in [0.2, 0.25) is 0 Å². The molecule has 2 amide bonds. The fourth-order valence-electron chi connectivity index (χ4n) is 4.23. The fraction of sp³-hybridized carbons (Fsp3) is 0.391. The van der Waals surface area contributed by atoms with Gasteiger partial charge in [0.2, 0.25) is 11.8 Å². The third-order valence-electron chi connectivity index (χ3n) is 5.67. The molecule has 0 aromatic heterocycles. The van der Waals surface area contributed by atoms with E-state index in [-0.39, 0.29) is 17.7 Å². The van der Waals surface area contributed by atoms with Crippen LogP contribution in [0.5, 0.6) is 0 Å². The number of aryl methyl sites for hydroxylation is 2. The van der Waals surface area contributed by atoms with Gasteiger partial charge in [-0.1, -0.05) is 24.3 Å². The highest BCUT2D eigenvalue weighted by molar-refractivity contribution is 5.93. The normalized spacial score (nSPS) is 19.1. The molecule has 2 aromatic rings. The summed E-state index contributed by atoms with van der Waals surface area (Å²) in [5.74, 6) is -0.0567. The van der Waals surface area contributed by atoms with E-state index >= 15 is 0 Å². The molecule has 1 aliphatic carbocycles. The highest BCUT2D eigenvalue weighted by atomic mass is 16.2. The maximum Gasteiger partial charge on any atom is 0.238 e. The van der Waals surface area contributed by atoms with Gasteiger partial charge in [0.05, 0.1) is 12.5 Å². The summed E-state index contributed by atoms with van der Waals surface area (Å²) in [5.41, 5.74) is 4.45. The molecule has 5 nitrogen and oxygen atoms in total. The molecule has 0 bridgehead atoms. The first-order valence-corrected chi connectivity index (χ1v) is 10.2. The lowest BCUT2D eigenvalue weighted by atomic mass is 9.97. The summed E-state index contributed by atoms with van der Waals surface area (Å²) in [4.78, 5) is 27.1. The maximum absolute atomic E-state index is 12.6. The monoisotopic (exact) mass is 377 g/mol. The zero-order chi connectivity index (χ0) is 19.3. The Hall–Kier alpha value is -2.66. The number of likely N-dealkylation sites (tertiary alicyclic amines) is 1. The van der Waals surface area contributed by atoms with Crippen molar-refractivity contribution in [1.82, 2.24) is 4.90 Å². The van der Waals surface area contributed by atoms with Crippen LogP contribution in [0.1, 0.15) is 30.4 Å². The molecule has 146 valence electrons. The van der Waals surface area contributed by atoms with Crippen molar-refractivity contribution in [3.8, 4) is 0 Å². The average molecular weight is 377 g/mol. The number of piperidine rings is 1. The lowest BCUT2D eigenvalue weighted by Crippen LogP contribution is -2.44. The number of carbonyl (C=O) groups excluding carboxylic acids is 2. The standard InChI is InChI=1S/C23H27N3O2/c27-22(24-21-12-11-17-6-4-7-18(17)14-21)16-26-13-5-8-19(15-26)23(28)25-20-9-2-1-3-10-20/h1-3,9-12,14,19H,4-8,13,15-16H2,(H,24,27)(H,25,28).